The molecule has 24 heavy (non-hydrogen) atoms. The van der Waals surface area contributed by atoms with Crippen molar-refractivity contribution in [3.05, 3.63) is 23.8 Å². The van der Waals surface area contributed by atoms with Gasteiger partial charge in [0, 0.05) is 31.0 Å². The van der Waals surface area contributed by atoms with Crippen LogP contribution in [0.25, 0.3) is 0 Å². The molecule has 10 heteroatoms. The number of benzene rings is 1. The number of nitrogen functional groups attached to an aromatic ring is 1. The molecule has 0 unspecified atom stereocenters. The standard InChI is InChI=1S/C13H23N3O2S.CH5NO2S/c1-4-16(5-2)12-6-7-13(14)11(10-12)8-9-15-19(3,17)18;1-5(2,3)4/h6-7,10,15H,4-5,8-9,14H2,1-3H3;1H3,(H2,2,3,4). The quantitative estimate of drug-likeness (QED) is 0.575. The third kappa shape index (κ3) is 11.2. The van der Waals surface area contributed by atoms with Crippen LogP contribution < -0.4 is 20.5 Å². The van der Waals surface area contributed by atoms with Gasteiger partial charge in [-0.05, 0) is 44.0 Å². The predicted octanol–water partition coefficient (Wildman–Crippen LogP) is 0.111. The van der Waals surface area contributed by atoms with Gasteiger partial charge in [0.05, 0.1) is 12.5 Å². The summed E-state index contributed by atoms with van der Waals surface area (Å²) >= 11 is 0. The molecule has 0 spiro atoms. The number of primary sulfonamides is 1. The van der Waals surface area contributed by atoms with Crippen molar-refractivity contribution >= 4 is 31.4 Å². The Morgan fingerprint density at radius 3 is 2.00 bits per heavy atom. The molecule has 0 aromatic heterocycles. The Bertz CT molecular complexity index is 706. The molecule has 8 nitrogen and oxygen atoms in total. The molecule has 0 aliphatic rings. The minimum Gasteiger partial charge on any atom is -0.399 e. The fraction of sp³-hybridized carbons (Fsp3) is 0.571. The van der Waals surface area contributed by atoms with E-state index >= 15 is 0 Å². The number of nitrogens with two attached hydrogens (primary N) is 2. The van der Waals surface area contributed by atoms with E-state index in [0.29, 0.717) is 18.7 Å². The van der Waals surface area contributed by atoms with Crippen LogP contribution in [0, 0.1) is 0 Å². The van der Waals surface area contributed by atoms with Crippen molar-refractivity contribution in [1.82, 2.24) is 4.72 Å². The molecule has 0 aliphatic heterocycles. The van der Waals surface area contributed by atoms with Gasteiger partial charge in [-0.25, -0.2) is 26.7 Å². The van der Waals surface area contributed by atoms with Crippen LogP contribution in [0.3, 0.4) is 0 Å². The zero-order valence-electron chi connectivity index (χ0n) is 14.6. The van der Waals surface area contributed by atoms with E-state index in [4.69, 9.17) is 5.73 Å². The molecular formula is C14H28N4O4S2. The molecule has 0 saturated carbocycles. The molecule has 0 heterocycles. The van der Waals surface area contributed by atoms with Crippen molar-refractivity contribution in [3.63, 3.8) is 0 Å². The topological polar surface area (TPSA) is 136 Å². The lowest BCUT2D eigenvalue weighted by atomic mass is 10.1. The fourth-order valence-corrected chi connectivity index (χ4v) is 2.44. The molecule has 0 amide bonds. The summed E-state index contributed by atoms with van der Waals surface area (Å²) in [5.74, 6) is 0. The molecule has 0 atom stereocenters. The monoisotopic (exact) mass is 380 g/mol. The first kappa shape index (κ1) is 22.6. The van der Waals surface area contributed by atoms with E-state index in [1.807, 2.05) is 18.2 Å². The second-order valence-corrected chi connectivity index (χ2v) is 8.79. The summed E-state index contributed by atoms with van der Waals surface area (Å²) in [5.41, 5.74) is 8.72. The highest BCUT2D eigenvalue weighted by atomic mass is 32.2. The minimum absolute atomic E-state index is 0.366. The van der Waals surface area contributed by atoms with Crippen LogP contribution in [0.5, 0.6) is 0 Å². The Labute approximate surface area is 145 Å². The third-order valence-electron chi connectivity index (χ3n) is 3.01. The largest absolute Gasteiger partial charge is 0.399 e. The first-order valence-electron chi connectivity index (χ1n) is 7.43. The van der Waals surface area contributed by atoms with Gasteiger partial charge in [-0.2, -0.15) is 0 Å². The Morgan fingerprint density at radius 2 is 1.58 bits per heavy atom. The van der Waals surface area contributed by atoms with Crippen molar-refractivity contribution in [3.8, 4) is 0 Å². The maximum atomic E-state index is 11.0. The van der Waals surface area contributed by atoms with Crippen molar-refractivity contribution in [1.29, 1.82) is 0 Å². The van der Waals surface area contributed by atoms with Crippen LogP contribution in [-0.2, 0) is 26.5 Å². The van der Waals surface area contributed by atoms with E-state index in [1.165, 1.54) is 0 Å². The highest BCUT2D eigenvalue weighted by Crippen LogP contribution is 2.21. The Morgan fingerprint density at radius 1 is 1.08 bits per heavy atom. The van der Waals surface area contributed by atoms with Crippen LogP contribution in [-0.4, -0.2) is 49.0 Å². The second kappa shape index (κ2) is 9.82. The molecule has 0 fully saturated rings. The molecular weight excluding hydrogens is 352 g/mol. The molecule has 0 radical (unpaired) electrons. The SMILES string of the molecule is CCN(CC)c1ccc(N)c(CCNS(C)(=O)=O)c1.CS(N)(=O)=O. The lowest BCUT2D eigenvalue weighted by Gasteiger charge is -2.22. The van der Waals surface area contributed by atoms with E-state index in [1.54, 1.807) is 0 Å². The normalized spacial score (nSPS) is 11.5. The molecule has 0 saturated heterocycles. The van der Waals surface area contributed by atoms with Crippen LogP contribution >= 0.6 is 0 Å². The number of rotatable bonds is 7. The van der Waals surface area contributed by atoms with Crippen LogP contribution in [0.4, 0.5) is 11.4 Å². The van der Waals surface area contributed by atoms with Gasteiger partial charge in [0.2, 0.25) is 20.0 Å². The van der Waals surface area contributed by atoms with E-state index in [-0.39, 0.29) is 0 Å². The van der Waals surface area contributed by atoms with E-state index < -0.39 is 20.0 Å². The minimum atomic E-state index is -3.17. The van der Waals surface area contributed by atoms with E-state index in [2.05, 4.69) is 28.6 Å². The average molecular weight is 381 g/mol. The number of sulfonamides is 2. The van der Waals surface area contributed by atoms with Crippen LogP contribution in [0.15, 0.2) is 18.2 Å². The third-order valence-corrected chi connectivity index (χ3v) is 3.74. The van der Waals surface area contributed by atoms with Gasteiger partial charge in [-0.3, -0.25) is 0 Å². The molecule has 0 aliphatic carbocycles. The Hall–Kier alpha value is -1.36. The maximum absolute atomic E-state index is 11.0. The summed E-state index contributed by atoms with van der Waals surface area (Å²) in [6.45, 7) is 6.43. The van der Waals surface area contributed by atoms with Gasteiger partial charge in [-0.1, -0.05) is 0 Å². The van der Waals surface area contributed by atoms with Gasteiger partial charge in [-0.15, -0.1) is 0 Å². The van der Waals surface area contributed by atoms with Gasteiger partial charge in [0.15, 0.2) is 0 Å². The van der Waals surface area contributed by atoms with Crippen molar-refractivity contribution in [2.75, 3.05) is 42.8 Å². The van der Waals surface area contributed by atoms with Gasteiger partial charge in [0.1, 0.15) is 0 Å². The smallest absolute Gasteiger partial charge is 0.208 e. The molecule has 0 bridgehead atoms. The van der Waals surface area contributed by atoms with Crippen LogP contribution in [0.1, 0.15) is 19.4 Å². The van der Waals surface area contributed by atoms with Gasteiger partial charge >= 0.3 is 0 Å². The maximum Gasteiger partial charge on any atom is 0.208 e. The number of nitrogens with zero attached hydrogens (tertiary/aromatic N) is 1. The molecule has 140 valence electrons. The predicted molar refractivity (Wildman–Crippen MR) is 100.0 cm³/mol. The molecule has 1 aromatic rings. The highest BCUT2D eigenvalue weighted by Gasteiger charge is 2.07. The number of hydrogen-bond donors (Lipinski definition) is 3. The van der Waals surface area contributed by atoms with Crippen molar-refractivity contribution in [2.45, 2.75) is 20.3 Å². The first-order valence-corrected chi connectivity index (χ1v) is 11.3. The Balaban J connectivity index is 0.000000922. The summed E-state index contributed by atoms with van der Waals surface area (Å²) in [7, 11) is -6.31. The molecule has 5 N–H and O–H groups in total. The number of anilines is 2. The second-order valence-electron chi connectivity index (χ2n) is 5.30. The van der Waals surface area contributed by atoms with Crippen molar-refractivity contribution < 1.29 is 16.8 Å². The summed E-state index contributed by atoms with van der Waals surface area (Å²) in [6.07, 6.45) is 2.68. The number of nitrogens with one attached hydrogen (secondary N) is 1. The summed E-state index contributed by atoms with van der Waals surface area (Å²) in [4.78, 5) is 2.23. The molecule has 1 aromatic carbocycles. The fourth-order valence-electron chi connectivity index (χ4n) is 1.97. The zero-order chi connectivity index (χ0) is 19.0. The highest BCUT2D eigenvalue weighted by molar-refractivity contribution is 7.88. The van der Waals surface area contributed by atoms with Crippen LogP contribution in [0.2, 0.25) is 0 Å². The first-order chi connectivity index (χ1) is 10.9. The lowest BCUT2D eigenvalue weighted by molar-refractivity contribution is 0.587. The summed E-state index contributed by atoms with van der Waals surface area (Å²) < 4.78 is 43.3. The van der Waals surface area contributed by atoms with Gasteiger partial charge < -0.3 is 10.6 Å². The number of hydrogen-bond acceptors (Lipinski definition) is 6. The van der Waals surface area contributed by atoms with E-state index in [9.17, 15) is 16.8 Å². The summed E-state index contributed by atoms with van der Waals surface area (Å²) in [6, 6.07) is 5.91. The summed E-state index contributed by atoms with van der Waals surface area (Å²) in [5, 5.41) is 4.33. The molecule has 1 rings (SSSR count). The van der Waals surface area contributed by atoms with Crippen molar-refractivity contribution in [2.24, 2.45) is 5.14 Å². The van der Waals surface area contributed by atoms with E-state index in [0.717, 1.165) is 36.9 Å². The Kier molecular flexibility index (Phi) is 9.26. The van der Waals surface area contributed by atoms with Gasteiger partial charge in [0.25, 0.3) is 0 Å². The lowest BCUT2D eigenvalue weighted by Crippen LogP contribution is -2.25. The zero-order valence-corrected chi connectivity index (χ0v) is 16.2. The average Bonchev–Trinajstić information content (AvgIpc) is 2.40.